The minimum atomic E-state index is -1.47. The Labute approximate surface area is 215 Å². The third kappa shape index (κ3) is 6.31. The Kier molecular flexibility index (Phi) is 8.49. The van der Waals surface area contributed by atoms with E-state index in [0.717, 1.165) is 13.1 Å². The molecule has 11 heteroatoms. The molecule has 2 aliphatic rings. The van der Waals surface area contributed by atoms with Gasteiger partial charge in [-0.1, -0.05) is 12.1 Å². The van der Waals surface area contributed by atoms with Crippen molar-refractivity contribution in [2.24, 2.45) is 4.99 Å². The number of anilines is 2. The number of urea groups is 1. The van der Waals surface area contributed by atoms with Gasteiger partial charge >= 0.3 is 6.03 Å². The van der Waals surface area contributed by atoms with Crippen LogP contribution >= 0.6 is 0 Å². The van der Waals surface area contributed by atoms with Crippen LogP contribution in [-0.4, -0.2) is 97.2 Å². The monoisotopic (exact) mass is 512 g/mol. The Morgan fingerprint density at radius 2 is 1.84 bits per heavy atom. The molecule has 0 aliphatic carbocycles. The molecule has 1 saturated heterocycles. The number of likely N-dealkylation sites (N-methyl/N-ethyl adjacent to an activating group) is 1. The number of carbonyl (C=O) groups is 2. The molecule has 1 fully saturated rings. The molecule has 2 aromatic rings. The van der Waals surface area contributed by atoms with E-state index in [-0.39, 0.29) is 24.8 Å². The van der Waals surface area contributed by atoms with Gasteiger partial charge in [0.25, 0.3) is 0 Å². The Morgan fingerprint density at radius 3 is 2.51 bits per heavy atom. The van der Waals surface area contributed by atoms with Crippen LogP contribution in [0.25, 0.3) is 0 Å². The maximum absolute atomic E-state index is 15.7. The van der Waals surface area contributed by atoms with E-state index >= 15 is 4.39 Å². The number of hydrogen-bond donors (Lipinski definition) is 3. The number of ketones is 1. The molecule has 37 heavy (non-hydrogen) atoms. The van der Waals surface area contributed by atoms with E-state index in [2.05, 4.69) is 20.5 Å². The number of rotatable bonds is 8. The average Bonchev–Trinajstić information content (AvgIpc) is 2.88. The number of amidine groups is 1. The molecule has 198 valence electrons. The molecular weight excluding hydrogens is 479 g/mol. The van der Waals surface area contributed by atoms with Gasteiger partial charge in [-0.05, 0) is 44.3 Å². The maximum Gasteiger partial charge on any atom is 0.323 e. The van der Waals surface area contributed by atoms with Crippen LogP contribution in [0.5, 0.6) is 0 Å². The Hall–Kier alpha value is -3.38. The smallest absolute Gasteiger partial charge is 0.323 e. The summed E-state index contributed by atoms with van der Waals surface area (Å²) in [4.78, 5) is 34.1. The van der Waals surface area contributed by atoms with Crippen molar-refractivity contribution in [1.29, 1.82) is 0 Å². The minimum absolute atomic E-state index is 0.103. The summed E-state index contributed by atoms with van der Waals surface area (Å²) in [5, 5.41) is 16.6. The lowest BCUT2D eigenvalue weighted by molar-refractivity contribution is 0.0134. The van der Waals surface area contributed by atoms with Crippen molar-refractivity contribution in [2.45, 2.75) is 19.4 Å². The molecule has 0 saturated carbocycles. The fraction of sp³-hybridized carbons (Fsp3) is 0.423. The summed E-state index contributed by atoms with van der Waals surface area (Å²) in [6.07, 6.45) is -2.64. The number of Topliss-reactive ketones (excluding diaryl/α,β-unsaturated/α-hetero) is 1. The molecule has 0 aromatic heterocycles. The molecule has 0 radical (unpaired) electrons. The number of nitrogens with one attached hydrogen (secondary N) is 2. The van der Waals surface area contributed by atoms with E-state index in [1.54, 1.807) is 54.5 Å². The zero-order valence-electron chi connectivity index (χ0n) is 21.3. The largest absolute Gasteiger partial charge is 0.383 e. The number of alkyl halides is 1. The molecule has 3 N–H and O–H groups in total. The highest BCUT2D eigenvalue weighted by molar-refractivity contribution is 6.01. The van der Waals surface area contributed by atoms with E-state index in [4.69, 9.17) is 4.74 Å². The van der Waals surface area contributed by atoms with Crippen LogP contribution in [0.4, 0.5) is 26.2 Å². The van der Waals surface area contributed by atoms with Crippen LogP contribution in [-0.2, 0) is 4.74 Å². The maximum atomic E-state index is 15.7. The van der Waals surface area contributed by atoms with Gasteiger partial charge in [-0.3, -0.25) is 9.69 Å². The topological polar surface area (TPSA) is 110 Å². The van der Waals surface area contributed by atoms with E-state index in [1.165, 1.54) is 11.8 Å². The Morgan fingerprint density at radius 1 is 1.14 bits per heavy atom. The quantitative estimate of drug-likeness (QED) is 0.368. The summed E-state index contributed by atoms with van der Waals surface area (Å²) in [5.74, 6) is 0.0410. The van der Waals surface area contributed by atoms with E-state index in [0.29, 0.717) is 41.3 Å². The third-order valence-electron chi connectivity index (χ3n) is 6.52. The highest BCUT2D eigenvalue weighted by Crippen LogP contribution is 2.36. The zero-order chi connectivity index (χ0) is 26.5. The Bertz CT molecular complexity index is 1170. The normalized spacial score (nSPS) is 19.1. The summed E-state index contributed by atoms with van der Waals surface area (Å²) in [7, 11) is 3.55. The van der Waals surface area contributed by atoms with Crippen molar-refractivity contribution in [3.8, 4) is 0 Å². The van der Waals surface area contributed by atoms with Crippen LogP contribution in [0, 0.1) is 0 Å². The molecule has 2 unspecified atom stereocenters. The molecule has 2 aromatic carbocycles. The first-order valence-corrected chi connectivity index (χ1v) is 12.2. The van der Waals surface area contributed by atoms with Gasteiger partial charge in [-0.2, -0.15) is 0 Å². The third-order valence-corrected chi connectivity index (χ3v) is 6.52. The lowest BCUT2D eigenvalue weighted by Crippen LogP contribution is -2.54. The Balaban J connectivity index is 1.53. The van der Waals surface area contributed by atoms with Gasteiger partial charge in [0.15, 0.2) is 17.8 Å². The SMILES string of the molecule is COCCN1C(C(F)N2CCN(C)CC2)=Nc2ccc(NC(=O)Nc3cccc(C(C)=O)c3)cc2C1O. The summed E-state index contributed by atoms with van der Waals surface area (Å²) in [6, 6.07) is 11.0. The van der Waals surface area contributed by atoms with E-state index in [9.17, 15) is 14.7 Å². The number of nitrogens with zero attached hydrogens (tertiary/aromatic N) is 4. The highest BCUT2D eigenvalue weighted by Gasteiger charge is 2.36. The average molecular weight is 513 g/mol. The van der Waals surface area contributed by atoms with Gasteiger partial charge in [0.05, 0.1) is 12.3 Å². The van der Waals surface area contributed by atoms with Gasteiger partial charge in [0, 0.05) is 62.3 Å². The van der Waals surface area contributed by atoms with Crippen LogP contribution in [0.3, 0.4) is 0 Å². The van der Waals surface area contributed by atoms with E-state index in [1.807, 2.05) is 7.05 Å². The molecule has 2 atom stereocenters. The predicted molar refractivity (Wildman–Crippen MR) is 140 cm³/mol. The van der Waals surface area contributed by atoms with Crippen molar-refractivity contribution >= 4 is 34.7 Å². The first-order chi connectivity index (χ1) is 17.8. The number of aliphatic hydroxyl groups excluding tert-OH is 1. The van der Waals surface area contributed by atoms with Crippen molar-refractivity contribution in [2.75, 3.05) is 64.1 Å². The summed E-state index contributed by atoms with van der Waals surface area (Å²) >= 11 is 0. The fourth-order valence-electron chi connectivity index (χ4n) is 4.36. The molecule has 0 bridgehead atoms. The number of ether oxygens (including phenoxy) is 1. The molecule has 2 aliphatic heterocycles. The standard InChI is InChI=1S/C26H33FN6O4/c1-17(34)18-5-4-6-19(15-18)28-26(36)29-20-7-8-22-21(16-20)25(35)33(13-14-37-3)24(30-22)23(27)32-11-9-31(2)10-12-32/h4-8,15-16,23,25,35H,9-14H2,1-3H3,(H2,28,29,36). The molecule has 10 nitrogen and oxygen atoms in total. The van der Waals surface area contributed by atoms with Crippen LogP contribution < -0.4 is 10.6 Å². The number of methoxy groups -OCH3 is 1. The van der Waals surface area contributed by atoms with Gasteiger partial charge in [-0.25, -0.2) is 14.2 Å². The second-order valence-corrected chi connectivity index (χ2v) is 9.19. The van der Waals surface area contributed by atoms with Gasteiger partial charge in [0.2, 0.25) is 6.30 Å². The molecule has 2 heterocycles. The van der Waals surface area contributed by atoms with Crippen LogP contribution in [0.1, 0.15) is 29.1 Å². The lowest BCUT2D eigenvalue weighted by Gasteiger charge is -2.40. The number of hydrogen-bond acceptors (Lipinski definition) is 8. The number of aliphatic imine (C=N–C) groups is 1. The molecule has 0 spiro atoms. The molecular formula is C26H33FN6O4. The van der Waals surface area contributed by atoms with Crippen molar-refractivity contribution < 1.29 is 23.8 Å². The van der Waals surface area contributed by atoms with Crippen molar-refractivity contribution in [1.82, 2.24) is 14.7 Å². The second kappa shape index (κ2) is 11.8. The van der Waals surface area contributed by atoms with Crippen molar-refractivity contribution in [3.05, 3.63) is 53.6 Å². The fourth-order valence-corrected chi connectivity index (χ4v) is 4.36. The number of benzene rings is 2. The summed E-state index contributed by atoms with van der Waals surface area (Å²) < 4.78 is 20.9. The number of halogens is 1. The first kappa shape index (κ1) is 26.7. The predicted octanol–water partition coefficient (Wildman–Crippen LogP) is 3.06. The molecule has 2 amide bonds. The molecule has 4 rings (SSSR count). The number of fused-ring (bicyclic) bond motifs is 1. The number of piperazine rings is 1. The first-order valence-electron chi connectivity index (χ1n) is 12.2. The number of aliphatic hydroxyl groups is 1. The van der Waals surface area contributed by atoms with Crippen molar-refractivity contribution in [3.63, 3.8) is 0 Å². The van der Waals surface area contributed by atoms with Gasteiger partial charge in [-0.15, -0.1) is 0 Å². The zero-order valence-corrected chi connectivity index (χ0v) is 21.3. The summed E-state index contributed by atoms with van der Waals surface area (Å²) in [6.45, 7) is 4.60. The van der Waals surface area contributed by atoms with Crippen LogP contribution in [0.15, 0.2) is 47.5 Å². The van der Waals surface area contributed by atoms with Crippen LogP contribution in [0.2, 0.25) is 0 Å². The van der Waals surface area contributed by atoms with Gasteiger partial charge in [0.1, 0.15) is 0 Å². The summed E-state index contributed by atoms with van der Waals surface area (Å²) in [5.41, 5.74) is 2.28. The van der Waals surface area contributed by atoms with E-state index < -0.39 is 18.6 Å². The second-order valence-electron chi connectivity index (χ2n) is 9.19. The van der Waals surface area contributed by atoms with Gasteiger partial charge < -0.3 is 30.3 Å². The highest BCUT2D eigenvalue weighted by atomic mass is 19.1. The minimum Gasteiger partial charge on any atom is -0.383 e. The number of carbonyl (C=O) groups excluding carboxylic acids is 2. The lowest BCUT2D eigenvalue weighted by atomic mass is 10.1. The number of amides is 2.